The van der Waals surface area contributed by atoms with Crippen molar-refractivity contribution >= 4 is 34.2 Å². The number of ether oxygens (including phenoxy) is 2. The first-order valence-corrected chi connectivity index (χ1v) is 15.8. The monoisotopic (exact) mass is 641 g/mol. The molecule has 3 aromatic heterocycles. The summed E-state index contributed by atoms with van der Waals surface area (Å²) in [5.41, 5.74) is 4.31. The van der Waals surface area contributed by atoms with E-state index in [2.05, 4.69) is 24.8 Å². The van der Waals surface area contributed by atoms with E-state index in [1.165, 1.54) is 24.8 Å². The van der Waals surface area contributed by atoms with Crippen molar-refractivity contribution < 1.29 is 18.7 Å². The van der Waals surface area contributed by atoms with Gasteiger partial charge in [0.25, 0.3) is 5.91 Å². The molecule has 0 saturated carbocycles. The Kier molecular flexibility index (Phi) is 8.87. The molecule has 5 aromatic rings. The van der Waals surface area contributed by atoms with Gasteiger partial charge in [0.1, 0.15) is 24.6 Å². The standard InChI is InChI=1S/C34H33ClFN7O3/c35-25-5-4-23(28(36)14-25)20-46-33-3-1-2-29(41-33)22-8-11-42(12-9-22)19-32-40-30-15-26(39-34(44)24-16-37-21-38-17-24)6-7-31(30)43(32)18-27-10-13-45-27/h1-7,14-17,21-22,27H,8-13,18-20H2,(H,39,44)/t27-/m0/s1. The summed E-state index contributed by atoms with van der Waals surface area (Å²) in [6, 6.07) is 16.2. The fraction of sp³-hybridized carbons (Fsp3) is 0.324. The zero-order valence-electron chi connectivity index (χ0n) is 25.1. The van der Waals surface area contributed by atoms with Crippen LogP contribution in [0, 0.1) is 5.82 Å². The van der Waals surface area contributed by atoms with E-state index in [4.69, 9.17) is 31.0 Å². The molecule has 12 heteroatoms. The molecule has 236 valence electrons. The molecule has 0 spiro atoms. The second-order valence-electron chi connectivity index (χ2n) is 11.7. The molecule has 46 heavy (non-hydrogen) atoms. The SMILES string of the molecule is O=C(Nc1ccc2c(c1)nc(CN1CCC(c3cccc(OCc4ccc(Cl)cc4F)n3)CC1)n2C[C@@H]1CCO1)c1cncnc1. The number of hydrogen-bond acceptors (Lipinski definition) is 8. The Morgan fingerprint density at radius 3 is 2.63 bits per heavy atom. The minimum absolute atomic E-state index is 0.0840. The van der Waals surface area contributed by atoms with Crippen molar-refractivity contribution in [3.63, 3.8) is 0 Å². The molecule has 0 radical (unpaired) electrons. The maximum absolute atomic E-state index is 14.2. The van der Waals surface area contributed by atoms with E-state index >= 15 is 0 Å². The lowest BCUT2D eigenvalue weighted by atomic mass is 9.93. The molecule has 5 heterocycles. The average Bonchev–Trinajstić information content (AvgIpc) is 3.38. The molecule has 7 rings (SSSR count). The van der Waals surface area contributed by atoms with Gasteiger partial charge in [0, 0.05) is 53.0 Å². The van der Waals surface area contributed by atoms with E-state index < -0.39 is 5.82 Å². The fourth-order valence-corrected chi connectivity index (χ4v) is 6.11. The Balaban J connectivity index is 1.01. The molecule has 2 fully saturated rings. The van der Waals surface area contributed by atoms with Gasteiger partial charge in [0.2, 0.25) is 5.88 Å². The Labute approximate surface area is 270 Å². The van der Waals surface area contributed by atoms with Crippen molar-refractivity contribution in [1.29, 1.82) is 0 Å². The van der Waals surface area contributed by atoms with Crippen LogP contribution < -0.4 is 10.1 Å². The number of piperidine rings is 1. The van der Waals surface area contributed by atoms with Crippen LogP contribution in [0.4, 0.5) is 10.1 Å². The number of amides is 1. The molecule has 0 unspecified atom stereocenters. The molecule has 1 amide bonds. The Hall–Kier alpha value is -4.45. The maximum atomic E-state index is 14.2. The first kappa shape index (κ1) is 30.2. The molecule has 2 saturated heterocycles. The summed E-state index contributed by atoms with van der Waals surface area (Å²) in [5.74, 6) is 1.10. The van der Waals surface area contributed by atoms with Crippen molar-refractivity contribution in [2.75, 3.05) is 25.0 Å². The Morgan fingerprint density at radius 2 is 1.87 bits per heavy atom. The van der Waals surface area contributed by atoms with Crippen LogP contribution in [-0.4, -0.2) is 61.1 Å². The lowest BCUT2D eigenvalue weighted by Crippen LogP contribution is -2.35. The van der Waals surface area contributed by atoms with Crippen molar-refractivity contribution in [2.45, 2.75) is 51.0 Å². The number of pyridine rings is 1. The molecule has 2 aliphatic heterocycles. The topological polar surface area (TPSA) is 107 Å². The quantitative estimate of drug-likeness (QED) is 0.198. The Bertz CT molecular complexity index is 1840. The van der Waals surface area contributed by atoms with E-state index in [9.17, 15) is 9.18 Å². The summed E-state index contributed by atoms with van der Waals surface area (Å²) in [5, 5.41) is 3.28. The van der Waals surface area contributed by atoms with Crippen LogP contribution in [0.15, 0.2) is 73.3 Å². The number of nitrogens with one attached hydrogen (secondary N) is 1. The van der Waals surface area contributed by atoms with Crippen LogP contribution in [-0.2, 0) is 24.4 Å². The van der Waals surface area contributed by atoms with Gasteiger partial charge >= 0.3 is 0 Å². The lowest BCUT2D eigenvalue weighted by Gasteiger charge is -2.32. The van der Waals surface area contributed by atoms with Crippen molar-refractivity contribution in [3.05, 3.63) is 107 Å². The van der Waals surface area contributed by atoms with Gasteiger partial charge < -0.3 is 19.4 Å². The number of rotatable bonds is 10. The number of hydrogen-bond donors (Lipinski definition) is 1. The summed E-state index contributed by atoms with van der Waals surface area (Å²) in [4.78, 5) is 32.7. The second-order valence-corrected chi connectivity index (χ2v) is 12.1. The molecule has 0 bridgehead atoms. The van der Waals surface area contributed by atoms with E-state index in [1.807, 2.05) is 30.3 Å². The molecule has 2 aliphatic rings. The third-order valence-electron chi connectivity index (χ3n) is 8.59. The number of anilines is 1. The first-order chi connectivity index (χ1) is 22.5. The minimum atomic E-state index is -0.393. The third-order valence-corrected chi connectivity index (χ3v) is 8.83. The van der Waals surface area contributed by atoms with E-state index in [0.717, 1.165) is 68.1 Å². The highest BCUT2D eigenvalue weighted by Crippen LogP contribution is 2.30. The predicted octanol–water partition coefficient (Wildman–Crippen LogP) is 6.01. The molecule has 1 N–H and O–H groups in total. The summed E-state index contributed by atoms with van der Waals surface area (Å²) >= 11 is 5.87. The van der Waals surface area contributed by atoms with Gasteiger partial charge in [-0.1, -0.05) is 23.7 Å². The lowest BCUT2D eigenvalue weighted by molar-refractivity contribution is -0.0592. The number of halogens is 2. The van der Waals surface area contributed by atoms with Crippen LogP contribution >= 0.6 is 11.6 Å². The molecular weight excluding hydrogens is 609 g/mol. The summed E-state index contributed by atoms with van der Waals surface area (Å²) < 4.78 is 28.0. The van der Waals surface area contributed by atoms with Gasteiger partial charge in [-0.3, -0.25) is 9.69 Å². The van der Waals surface area contributed by atoms with E-state index in [-0.39, 0.29) is 18.6 Å². The molecule has 2 aromatic carbocycles. The molecule has 10 nitrogen and oxygen atoms in total. The minimum Gasteiger partial charge on any atom is -0.473 e. The van der Waals surface area contributed by atoms with E-state index in [0.29, 0.717) is 40.2 Å². The highest BCUT2D eigenvalue weighted by molar-refractivity contribution is 6.30. The molecule has 0 aliphatic carbocycles. The van der Waals surface area contributed by atoms with Gasteiger partial charge in [-0.2, -0.15) is 0 Å². The summed E-state index contributed by atoms with van der Waals surface area (Å²) in [6.07, 6.45) is 7.48. The van der Waals surface area contributed by atoms with Crippen LogP contribution in [0.2, 0.25) is 5.02 Å². The number of benzene rings is 2. The summed E-state index contributed by atoms with van der Waals surface area (Å²) in [6.45, 7) is 4.12. The predicted molar refractivity (Wildman–Crippen MR) is 171 cm³/mol. The van der Waals surface area contributed by atoms with Crippen LogP contribution in [0.5, 0.6) is 5.88 Å². The van der Waals surface area contributed by atoms with Crippen molar-refractivity contribution in [2.24, 2.45) is 0 Å². The van der Waals surface area contributed by atoms with Crippen molar-refractivity contribution in [3.8, 4) is 5.88 Å². The van der Waals surface area contributed by atoms with Gasteiger partial charge in [-0.15, -0.1) is 0 Å². The van der Waals surface area contributed by atoms with Crippen LogP contribution in [0.1, 0.15) is 52.6 Å². The summed E-state index contributed by atoms with van der Waals surface area (Å²) in [7, 11) is 0. The number of fused-ring (bicyclic) bond motifs is 1. The second kappa shape index (κ2) is 13.5. The maximum Gasteiger partial charge on any atom is 0.258 e. The first-order valence-electron chi connectivity index (χ1n) is 15.4. The van der Waals surface area contributed by atoms with E-state index in [1.54, 1.807) is 18.2 Å². The number of aromatic nitrogens is 5. The normalized spacial score (nSPS) is 17.1. The number of nitrogens with zero attached hydrogens (tertiary/aromatic N) is 6. The molecule has 1 atom stereocenters. The van der Waals surface area contributed by atoms with Gasteiger partial charge in [-0.25, -0.2) is 24.3 Å². The molecular formula is C34H33ClFN7O3. The van der Waals surface area contributed by atoms with Gasteiger partial charge in [0.05, 0.1) is 35.8 Å². The zero-order valence-corrected chi connectivity index (χ0v) is 25.9. The van der Waals surface area contributed by atoms with Gasteiger partial charge in [0.15, 0.2) is 0 Å². The van der Waals surface area contributed by atoms with Gasteiger partial charge in [-0.05, 0) is 68.8 Å². The van der Waals surface area contributed by atoms with Crippen LogP contribution in [0.25, 0.3) is 11.0 Å². The number of imidazole rings is 1. The average molecular weight is 642 g/mol. The number of likely N-dealkylation sites (tertiary alicyclic amines) is 1. The smallest absolute Gasteiger partial charge is 0.258 e. The van der Waals surface area contributed by atoms with Crippen LogP contribution in [0.3, 0.4) is 0 Å². The largest absolute Gasteiger partial charge is 0.473 e. The zero-order chi connectivity index (χ0) is 31.5. The number of carbonyl (C=O) groups is 1. The highest BCUT2D eigenvalue weighted by Gasteiger charge is 2.26. The third kappa shape index (κ3) is 6.86. The Morgan fingerprint density at radius 1 is 1.04 bits per heavy atom. The highest BCUT2D eigenvalue weighted by atomic mass is 35.5. The number of carbonyl (C=O) groups excluding carboxylic acids is 1. The van der Waals surface area contributed by atoms with Crippen molar-refractivity contribution in [1.82, 2.24) is 29.4 Å². The fourth-order valence-electron chi connectivity index (χ4n) is 5.95.